The molecule has 0 heterocycles. The Hall–Kier alpha value is -4.08. The number of benzene rings is 3. The standard InChI is InChI=1S/C29H30F4N2O4/c1-4-35(28(37)34-17-19-6-10-23(30)11-7-19)18-21-16-22(29(31,32)33)9-12-24(21)25-14-20(8-13-26(25)38-3)15-27(36)39-5-2/h6-14,16H,4-5,15,17-18H2,1-3H3,(H,34,37). The van der Waals surface area contributed by atoms with Crippen LogP contribution in [0.4, 0.5) is 22.4 Å². The number of amides is 2. The monoisotopic (exact) mass is 546 g/mol. The van der Waals surface area contributed by atoms with Crippen LogP contribution in [0.5, 0.6) is 5.75 Å². The molecule has 0 bridgehead atoms. The Morgan fingerprint density at radius 1 is 0.923 bits per heavy atom. The Bertz CT molecular complexity index is 1290. The number of hydrogen-bond acceptors (Lipinski definition) is 4. The van der Waals surface area contributed by atoms with Crippen LogP contribution in [0.1, 0.15) is 36.1 Å². The van der Waals surface area contributed by atoms with Crippen molar-refractivity contribution < 1.29 is 36.6 Å². The average molecular weight is 547 g/mol. The molecule has 0 fully saturated rings. The van der Waals surface area contributed by atoms with Crippen LogP contribution in [0.15, 0.2) is 60.7 Å². The summed E-state index contributed by atoms with van der Waals surface area (Å²) < 4.78 is 64.6. The van der Waals surface area contributed by atoms with Gasteiger partial charge in [-0.3, -0.25) is 4.79 Å². The number of halogens is 4. The van der Waals surface area contributed by atoms with Gasteiger partial charge in [0, 0.05) is 25.2 Å². The highest BCUT2D eigenvalue weighted by Gasteiger charge is 2.31. The number of esters is 1. The maximum atomic E-state index is 13.6. The Morgan fingerprint density at radius 2 is 1.62 bits per heavy atom. The molecule has 0 radical (unpaired) electrons. The number of methoxy groups -OCH3 is 1. The summed E-state index contributed by atoms with van der Waals surface area (Å²) in [4.78, 5) is 26.4. The molecule has 39 heavy (non-hydrogen) atoms. The zero-order chi connectivity index (χ0) is 28.6. The number of carbonyl (C=O) groups is 2. The fourth-order valence-electron chi connectivity index (χ4n) is 4.04. The van der Waals surface area contributed by atoms with E-state index in [-0.39, 0.29) is 38.2 Å². The highest BCUT2D eigenvalue weighted by molar-refractivity contribution is 5.79. The van der Waals surface area contributed by atoms with E-state index in [1.54, 1.807) is 32.0 Å². The predicted molar refractivity (Wildman–Crippen MR) is 138 cm³/mol. The van der Waals surface area contributed by atoms with Crippen LogP contribution in [0.3, 0.4) is 0 Å². The molecule has 208 valence electrons. The van der Waals surface area contributed by atoms with E-state index >= 15 is 0 Å². The topological polar surface area (TPSA) is 67.9 Å². The molecule has 0 saturated heterocycles. The first-order valence-electron chi connectivity index (χ1n) is 12.4. The predicted octanol–water partition coefficient (Wildman–Crippen LogP) is 6.36. The van der Waals surface area contributed by atoms with Gasteiger partial charge in [0.2, 0.25) is 0 Å². The molecule has 2 amide bonds. The van der Waals surface area contributed by atoms with Crippen LogP contribution < -0.4 is 10.1 Å². The second kappa shape index (κ2) is 13.1. The van der Waals surface area contributed by atoms with Crippen LogP contribution in [0.25, 0.3) is 11.1 Å². The summed E-state index contributed by atoms with van der Waals surface area (Å²) in [6, 6.07) is 13.5. The molecule has 3 aromatic rings. The van der Waals surface area contributed by atoms with Crippen LogP contribution in [0, 0.1) is 5.82 Å². The molecule has 0 unspecified atom stereocenters. The highest BCUT2D eigenvalue weighted by Crippen LogP contribution is 2.38. The average Bonchev–Trinajstić information content (AvgIpc) is 2.90. The molecule has 6 nitrogen and oxygen atoms in total. The highest BCUT2D eigenvalue weighted by atomic mass is 19.4. The van der Waals surface area contributed by atoms with Crippen molar-refractivity contribution >= 4 is 12.0 Å². The van der Waals surface area contributed by atoms with Crippen molar-refractivity contribution in [3.05, 3.63) is 88.7 Å². The van der Waals surface area contributed by atoms with Crippen molar-refractivity contribution in [1.29, 1.82) is 0 Å². The molecular formula is C29H30F4N2O4. The first kappa shape index (κ1) is 29.5. The van der Waals surface area contributed by atoms with Gasteiger partial charge in [-0.05, 0) is 72.5 Å². The van der Waals surface area contributed by atoms with Gasteiger partial charge in [-0.15, -0.1) is 0 Å². The maximum Gasteiger partial charge on any atom is 0.416 e. The molecule has 0 aliphatic rings. The molecule has 0 aliphatic heterocycles. The van der Waals surface area contributed by atoms with Crippen molar-refractivity contribution in [2.24, 2.45) is 0 Å². The third kappa shape index (κ3) is 7.95. The minimum atomic E-state index is -4.59. The zero-order valence-corrected chi connectivity index (χ0v) is 21.9. The van der Waals surface area contributed by atoms with Gasteiger partial charge in [0.05, 0.1) is 25.7 Å². The van der Waals surface area contributed by atoms with E-state index < -0.39 is 29.6 Å². The molecule has 3 aromatic carbocycles. The van der Waals surface area contributed by atoms with E-state index in [1.165, 1.54) is 42.3 Å². The largest absolute Gasteiger partial charge is 0.496 e. The van der Waals surface area contributed by atoms with Crippen LogP contribution in [-0.4, -0.2) is 37.2 Å². The third-order valence-corrected chi connectivity index (χ3v) is 6.03. The number of urea groups is 1. The lowest BCUT2D eigenvalue weighted by Gasteiger charge is -2.24. The number of alkyl halides is 3. The molecule has 0 aliphatic carbocycles. The van der Waals surface area contributed by atoms with Gasteiger partial charge in [0.25, 0.3) is 0 Å². The molecular weight excluding hydrogens is 516 g/mol. The van der Waals surface area contributed by atoms with E-state index in [1.807, 2.05) is 0 Å². The van der Waals surface area contributed by atoms with E-state index in [9.17, 15) is 27.2 Å². The Balaban J connectivity index is 1.96. The Morgan fingerprint density at radius 3 is 2.23 bits per heavy atom. The summed E-state index contributed by atoms with van der Waals surface area (Å²) in [7, 11) is 1.44. The molecule has 0 aromatic heterocycles. The number of rotatable bonds is 10. The lowest BCUT2D eigenvalue weighted by Crippen LogP contribution is -2.39. The summed E-state index contributed by atoms with van der Waals surface area (Å²) in [6.07, 6.45) is -4.61. The van der Waals surface area contributed by atoms with Crippen molar-refractivity contribution in [3.63, 3.8) is 0 Å². The molecule has 1 N–H and O–H groups in total. The first-order valence-corrected chi connectivity index (χ1v) is 12.4. The number of hydrogen-bond donors (Lipinski definition) is 1. The van der Waals surface area contributed by atoms with Crippen LogP contribution in [0.2, 0.25) is 0 Å². The number of nitrogens with zero attached hydrogens (tertiary/aromatic N) is 1. The van der Waals surface area contributed by atoms with Gasteiger partial charge >= 0.3 is 18.2 Å². The molecule has 0 spiro atoms. The fraction of sp³-hybridized carbons (Fsp3) is 0.310. The maximum absolute atomic E-state index is 13.6. The van der Waals surface area contributed by atoms with Crippen molar-refractivity contribution in [2.75, 3.05) is 20.3 Å². The minimum Gasteiger partial charge on any atom is -0.496 e. The second-order valence-electron chi connectivity index (χ2n) is 8.69. The van der Waals surface area contributed by atoms with Gasteiger partial charge in [0.1, 0.15) is 11.6 Å². The fourth-order valence-corrected chi connectivity index (χ4v) is 4.04. The van der Waals surface area contributed by atoms with Gasteiger partial charge in [0.15, 0.2) is 0 Å². The molecule has 0 atom stereocenters. The number of nitrogens with one attached hydrogen (secondary N) is 1. The van der Waals surface area contributed by atoms with Gasteiger partial charge in [-0.25, -0.2) is 9.18 Å². The van der Waals surface area contributed by atoms with E-state index in [0.29, 0.717) is 28.0 Å². The smallest absolute Gasteiger partial charge is 0.416 e. The van der Waals surface area contributed by atoms with Crippen LogP contribution in [-0.2, 0) is 35.2 Å². The number of ether oxygens (including phenoxy) is 2. The summed E-state index contributed by atoms with van der Waals surface area (Å²) in [5, 5.41) is 2.73. The minimum absolute atomic E-state index is 0.0202. The molecule has 10 heteroatoms. The lowest BCUT2D eigenvalue weighted by molar-refractivity contribution is -0.142. The van der Waals surface area contributed by atoms with Gasteiger partial charge < -0.3 is 19.7 Å². The number of carbonyl (C=O) groups excluding carboxylic acids is 2. The Kier molecular flexibility index (Phi) is 9.92. The summed E-state index contributed by atoms with van der Waals surface area (Å²) in [5.74, 6) is -0.442. The van der Waals surface area contributed by atoms with Crippen molar-refractivity contribution in [3.8, 4) is 16.9 Å². The van der Waals surface area contributed by atoms with Crippen LogP contribution >= 0.6 is 0 Å². The summed E-state index contributed by atoms with van der Waals surface area (Å²) in [5.41, 5.74) is 1.56. The summed E-state index contributed by atoms with van der Waals surface area (Å²) >= 11 is 0. The zero-order valence-electron chi connectivity index (χ0n) is 21.9. The molecule has 3 rings (SSSR count). The third-order valence-electron chi connectivity index (χ3n) is 6.03. The normalized spacial score (nSPS) is 11.2. The second-order valence-corrected chi connectivity index (χ2v) is 8.69. The lowest BCUT2D eigenvalue weighted by atomic mass is 9.94. The van der Waals surface area contributed by atoms with Gasteiger partial charge in [-0.2, -0.15) is 13.2 Å². The van der Waals surface area contributed by atoms with E-state index in [2.05, 4.69) is 5.32 Å². The van der Waals surface area contributed by atoms with Crippen molar-refractivity contribution in [1.82, 2.24) is 10.2 Å². The SMILES string of the molecule is CCOC(=O)Cc1ccc(OC)c(-c2ccc(C(F)(F)F)cc2CN(CC)C(=O)NCc2ccc(F)cc2)c1. The van der Waals surface area contributed by atoms with Gasteiger partial charge in [-0.1, -0.05) is 24.3 Å². The van der Waals surface area contributed by atoms with E-state index in [0.717, 1.165) is 12.1 Å². The Labute approximate surface area is 224 Å². The molecule has 0 saturated carbocycles. The quantitative estimate of drug-likeness (QED) is 0.238. The van der Waals surface area contributed by atoms with E-state index in [4.69, 9.17) is 9.47 Å². The first-order chi connectivity index (χ1) is 18.5. The van der Waals surface area contributed by atoms with Crippen molar-refractivity contribution in [2.45, 2.75) is 39.5 Å². The summed E-state index contributed by atoms with van der Waals surface area (Å²) in [6.45, 7) is 3.84.